The third kappa shape index (κ3) is 3.71. The lowest BCUT2D eigenvalue weighted by Crippen LogP contribution is -2.56. The van der Waals surface area contributed by atoms with Crippen LogP contribution in [0.3, 0.4) is 0 Å². The molecule has 162 valence electrons. The Hall–Kier alpha value is -3.16. The highest BCUT2D eigenvalue weighted by Crippen LogP contribution is 2.45. The number of nitrogens with zero attached hydrogens (tertiary/aromatic N) is 5. The van der Waals surface area contributed by atoms with E-state index in [1.807, 2.05) is 47.8 Å². The van der Waals surface area contributed by atoms with Crippen molar-refractivity contribution in [3.63, 3.8) is 0 Å². The van der Waals surface area contributed by atoms with Gasteiger partial charge < -0.3 is 14.6 Å². The highest BCUT2D eigenvalue weighted by Gasteiger charge is 2.48. The van der Waals surface area contributed by atoms with Crippen LogP contribution in [0.1, 0.15) is 29.7 Å². The zero-order valence-corrected chi connectivity index (χ0v) is 18.0. The number of hydrogen-bond acceptors (Lipinski definition) is 4. The van der Waals surface area contributed by atoms with Gasteiger partial charge >= 0.3 is 0 Å². The van der Waals surface area contributed by atoms with Crippen molar-refractivity contribution in [2.45, 2.75) is 32.7 Å². The summed E-state index contributed by atoms with van der Waals surface area (Å²) in [6.07, 6.45) is 9.68. The number of carbonyl (C=O) groups is 2. The van der Waals surface area contributed by atoms with E-state index >= 15 is 0 Å². The average Bonchev–Trinajstić information content (AvgIpc) is 3.34. The first-order valence-electron chi connectivity index (χ1n) is 10.9. The van der Waals surface area contributed by atoms with Gasteiger partial charge in [-0.25, -0.2) is 4.98 Å². The zero-order chi connectivity index (χ0) is 21.5. The molecular formula is C23H28N6O2. The van der Waals surface area contributed by atoms with Gasteiger partial charge in [0.15, 0.2) is 0 Å². The number of aryl methyl sites for hydroxylation is 2. The van der Waals surface area contributed by atoms with Crippen molar-refractivity contribution in [2.75, 3.05) is 13.1 Å². The Balaban J connectivity index is 1.19. The number of imidazole rings is 1. The van der Waals surface area contributed by atoms with Gasteiger partial charge in [0.25, 0.3) is 0 Å². The largest absolute Gasteiger partial charge is 0.352 e. The number of rotatable bonds is 5. The van der Waals surface area contributed by atoms with E-state index in [1.54, 1.807) is 17.1 Å². The first kappa shape index (κ1) is 19.8. The Morgan fingerprint density at radius 3 is 2.97 bits per heavy atom. The molecule has 1 saturated heterocycles. The Morgan fingerprint density at radius 1 is 1.29 bits per heavy atom. The van der Waals surface area contributed by atoms with E-state index in [1.165, 1.54) is 0 Å². The number of piperidine rings is 1. The van der Waals surface area contributed by atoms with Gasteiger partial charge in [0, 0.05) is 56.8 Å². The van der Waals surface area contributed by atoms with Crippen molar-refractivity contribution in [1.82, 2.24) is 29.4 Å². The van der Waals surface area contributed by atoms with Gasteiger partial charge in [0.05, 0.1) is 18.3 Å². The second kappa shape index (κ2) is 7.83. The minimum absolute atomic E-state index is 0.00396. The summed E-state index contributed by atoms with van der Waals surface area (Å²) in [5.74, 6) is 1.02. The summed E-state index contributed by atoms with van der Waals surface area (Å²) in [4.78, 5) is 32.2. The molecule has 1 aliphatic heterocycles. The standard InChI is InChI=1S/C23H28N6O2/c1-15-4-3-6-29-18(12-24-22(15)29)9-21(30)28-7-5-17-8-19(20(17)14-28)23(31)25-10-16-11-26-27(2)13-16/h3-4,6,11-13,17,19-20H,5,7-10,14H2,1-2H3,(H,25,31)/t17-,19-,20-/m1/s1. The second-order valence-corrected chi connectivity index (χ2v) is 8.95. The van der Waals surface area contributed by atoms with Crippen LogP contribution in [0, 0.1) is 24.7 Å². The van der Waals surface area contributed by atoms with Crippen LogP contribution in [0.2, 0.25) is 0 Å². The molecule has 3 atom stereocenters. The summed E-state index contributed by atoms with van der Waals surface area (Å²) in [5, 5.41) is 7.18. The van der Waals surface area contributed by atoms with Crippen LogP contribution < -0.4 is 5.32 Å². The molecule has 31 heavy (non-hydrogen) atoms. The van der Waals surface area contributed by atoms with Gasteiger partial charge in [-0.1, -0.05) is 6.07 Å². The topological polar surface area (TPSA) is 84.5 Å². The van der Waals surface area contributed by atoms with E-state index in [-0.39, 0.29) is 23.7 Å². The van der Waals surface area contributed by atoms with E-state index in [0.717, 1.165) is 41.9 Å². The van der Waals surface area contributed by atoms with E-state index in [4.69, 9.17) is 0 Å². The van der Waals surface area contributed by atoms with Gasteiger partial charge in [-0.15, -0.1) is 0 Å². The number of hydrogen-bond donors (Lipinski definition) is 1. The predicted octanol–water partition coefficient (Wildman–Crippen LogP) is 1.72. The van der Waals surface area contributed by atoms with E-state index in [2.05, 4.69) is 15.4 Å². The number of amides is 2. The fourth-order valence-corrected chi connectivity index (χ4v) is 5.10. The molecule has 4 heterocycles. The fraction of sp³-hybridized carbons (Fsp3) is 0.478. The number of likely N-dealkylation sites (tertiary alicyclic amines) is 1. The summed E-state index contributed by atoms with van der Waals surface area (Å²) in [5.41, 5.74) is 3.89. The van der Waals surface area contributed by atoms with Crippen molar-refractivity contribution in [1.29, 1.82) is 0 Å². The third-order valence-corrected chi connectivity index (χ3v) is 6.93. The van der Waals surface area contributed by atoms with Crippen LogP contribution in [0.25, 0.3) is 5.65 Å². The Kier molecular flexibility index (Phi) is 5.00. The Labute approximate surface area is 181 Å². The average molecular weight is 421 g/mol. The monoisotopic (exact) mass is 420 g/mol. The van der Waals surface area contributed by atoms with Crippen molar-refractivity contribution >= 4 is 17.5 Å². The molecule has 3 aromatic heterocycles. The quantitative estimate of drug-likeness (QED) is 0.681. The molecule has 2 fully saturated rings. The van der Waals surface area contributed by atoms with Crippen LogP contribution in [-0.2, 0) is 29.6 Å². The van der Waals surface area contributed by atoms with Gasteiger partial charge in [0.1, 0.15) is 5.65 Å². The molecule has 2 aliphatic rings. The predicted molar refractivity (Wildman–Crippen MR) is 115 cm³/mol. The number of carbonyl (C=O) groups excluding carboxylic acids is 2. The summed E-state index contributed by atoms with van der Waals surface area (Å²) in [6.45, 7) is 3.97. The van der Waals surface area contributed by atoms with E-state index in [0.29, 0.717) is 25.4 Å². The first-order valence-corrected chi connectivity index (χ1v) is 10.9. The molecule has 0 spiro atoms. The molecule has 3 aromatic rings. The van der Waals surface area contributed by atoms with Gasteiger partial charge in [0.2, 0.25) is 11.8 Å². The third-order valence-electron chi connectivity index (χ3n) is 6.93. The lowest BCUT2D eigenvalue weighted by Gasteiger charge is -2.50. The molecule has 2 amide bonds. The molecule has 1 N–H and O–H groups in total. The number of aromatic nitrogens is 4. The normalized spacial score (nSPS) is 22.8. The van der Waals surface area contributed by atoms with Crippen LogP contribution in [0.15, 0.2) is 36.9 Å². The van der Waals surface area contributed by atoms with Gasteiger partial charge in [-0.3, -0.25) is 14.3 Å². The molecule has 5 rings (SSSR count). The molecule has 1 aliphatic carbocycles. The maximum atomic E-state index is 13.0. The summed E-state index contributed by atoms with van der Waals surface area (Å²) in [6, 6.07) is 4.00. The van der Waals surface area contributed by atoms with Crippen LogP contribution in [0.4, 0.5) is 0 Å². The molecule has 1 saturated carbocycles. The van der Waals surface area contributed by atoms with Gasteiger partial charge in [-0.2, -0.15) is 5.10 Å². The summed E-state index contributed by atoms with van der Waals surface area (Å²) >= 11 is 0. The first-order chi connectivity index (χ1) is 15.0. The van der Waals surface area contributed by atoms with Crippen molar-refractivity contribution < 1.29 is 9.59 Å². The summed E-state index contributed by atoms with van der Waals surface area (Å²) in [7, 11) is 1.86. The maximum Gasteiger partial charge on any atom is 0.228 e. The van der Waals surface area contributed by atoms with Crippen LogP contribution >= 0.6 is 0 Å². The fourth-order valence-electron chi connectivity index (χ4n) is 5.10. The minimum atomic E-state index is -0.00396. The molecule has 8 heteroatoms. The van der Waals surface area contributed by atoms with Crippen molar-refractivity contribution in [3.8, 4) is 0 Å². The SMILES string of the molecule is Cc1cccn2c(CC(=O)N3CC[C@@H]4C[C@@H](C(=O)NCc5cnn(C)c5)[C@@H]4C3)cnc12. The molecular weight excluding hydrogens is 392 g/mol. The number of fused-ring (bicyclic) bond motifs is 2. The van der Waals surface area contributed by atoms with Crippen molar-refractivity contribution in [3.05, 3.63) is 53.7 Å². The minimum Gasteiger partial charge on any atom is -0.352 e. The molecule has 0 bridgehead atoms. The molecule has 0 unspecified atom stereocenters. The lowest BCUT2D eigenvalue weighted by atomic mass is 9.61. The molecule has 0 aromatic carbocycles. The maximum absolute atomic E-state index is 13.0. The Morgan fingerprint density at radius 2 is 2.16 bits per heavy atom. The lowest BCUT2D eigenvalue weighted by molar-refractivity contribution is -0.145. The van der Waals surface area contributed by atoms with Crippen molar-refractivity contribution in [2.24, 2.45) is 24.8 Å². The zero-order valence-electron chi connectivity index (χ0n) is 18.0. The molecule has 8 nitrogen and oxygen atoms in total. The number of pyridine rings is 1. The Bertz CT molecular complexity index is 1130. The van der Waals surface area contributed by atoms with Crippen LogP contribution in [-0.4, -0.2) is 49.0 Å². The van der Waals surface area contributed by atoms with E-state index < -0.39 is 0 Å². The smallest absolute Gasteiger partial charge is 0.228 e. The highest BCUT2D eigenvalue weighted by atomic mass is 16.2. The van der Waals surface area contributed by atoms with Gasteiger partial charge in [-0.05, 0) is 43.2 Å². The molecule has 0 radical (unpaired) electrons. The summed E-state index contributed by atoms with van der Waals surface area (Å²) < 4.78 is 3.73. The number of nitrogens with one attached hydrogen (secondary N) is 1. The second-order valence-electron chi connectivity index (χ2n) is 8.95. The highest BCUT2D eigenvalue weighted by molar-refractivity contribution is 5.81. The van der Waals surface area contributed by atoms with Crippen LogP contribution in [0.5, 0.6) is 0 Å². The van der Waals surface area contributed by atoms with E-state index in [9.17, 15) is 9.59 Å².